The molecule has 0 saturated carbocycles. The van der Waals surface area contributed by atoms with Crippen LogP contribution >= 0.6 is 0 Å². The van der Waals surface area contributed by atoms with E-state index in [4.69, 9.17) is 4.42 Å². The van der Waals surface area contributed by atoms with Gasteiger partial charge in [0.1, 0.15) is 17.1 Å². The van der Waals surface area contributed by atoms with Crippen molar-refractivity contribution < 1.29 is 19.1 Å². The topological polar surface area (TPSA) is 84.6 Å². The fraction of sp³-hybridized carbons (Fsp3) is 0.227. The average Bonchev–Trinajstić information content (AvgIpc) is 2.64. The van der Waals surface area contributed by atoms with E-state index in [0.717, 1.165) is 6.42 Å². The van der Waals surface area contributed by atoms with E-state index in [0.29, 0.717) is 16.7 Å². The Morgan fingerprint density at radius 2 is 1.78 bits per heavy atom. The summed E-state index contributed by atoms with van der Waals surface area (Å²) in [4.78, 5) is 38.9. The number of ketones is 2. The lowest BCUT2D eigenvalue weighted by Gasteiger charge is -2.20. The van der Waals surface area contributed by atoms with Crippen molar-refractivity contribution in [3.05, 3.63) is 74.1 Å². The van der Waals surface area contributed by atoms with Crippen molar-refractivity contribution in [1.29, 1.82) is 0 Å². The molecule has 1 aromatic heterocycles. The van der Waals surface area contributed by atoms with Crippen LogP contribution in [0, 0.1) is 6.92 Å². The Hall–Kier alpha value is -3.21. The van der Waals surface area contributed by atoms with Crippen molar-refractivity contribution in [3.8, 4) is 5.75 Å². The highest BCUT2D eigenvalue weighted by Crippen LogP contribution is 2.37. The SMILES string of the molecule is CCC(C)c1cc(=O)c2c(C)cc3c(c2o1)C(=O)c1c(O)cccc1C3=O. The number of hydrogen-bond donors (Lipinski definition) is 1. The Balaban J connectivity index is 2.15. The summed E-state index contributed by atoms with van der Waals surface area (Å²) in [5.41, 5.74) is 0.834. The van der Waals surface area contributed by atoms with Crippen molar-refractivity contribution in [3.63, 3.8) is 0 Å². The second-order valence-electron chi connectivity index (χ2n) is 7.00. The maximum Gasteiger partial charge on any atom is 0.202 e. The molecule has 0 aliphatic heterocycles. The summed E-state index contributed by atoms with van der Waals surface area (Å²) in [6, 6.07) is 7.43. The Bertz CT molecular complexity index is 1200. The van der Waals surface area contributed by atoms with Crippen LogP contribution < -0.4 is 5.43 Å². The molecule has 1 aliphatic rings. The zero-order valence-corrected chi connectivity index (χ0v) is 15.3. The second kappa shape index (κ2) is 5.91. The minimum Gasteiger partial charge on any atom is -0.507 e. The van der Waals surface area contributed by atoms with Crippen molar-refractivity contribution >= 4 is 22.5 Å². The summed E-state index contributed by atoms with van der Waals surface area (Å²) in [5, 5.41) is 10.5. The van der Waals surface area contributed by atoms with Crippen LogP contribution in [0.5, 0.6) is 5.75 Å². The molecule has 0 radical (unpaired) electrons. The van der Waals surface area contributed by atoms with Gasteiger partial charge in [-0.15, -0.1) is 0 Å². The number of benzene rings is 2. The van der Waals surface area contributed by atoms with E-state index in [1.54, 1.807) is 13.0 Å². The number of hydrogen-bond acceptors (Lipinski definition) is 5. The Morgan fingerprint density at radius 3 is 2.48 bits per heavy atom. The van der Waals surface area contributed by atoms with Gasteiger partial charge in [0.2, 0.25) is 5.78 Å². The molecule has 0 spiro atoms. The molecule has 0 bridgehead atoms. The van der Waals surface area contributed by atoms with Gasteiger partial charge >= 0.3 is 0 Å². The van der Waals surface area contributed by atoms with Crippen LogP contribution in [0.4, 0.5) is 0 Å². The molecule has 5 nitrogen and oxygen atoms in total. The van der Waals surface area contributed by atoms with Crippen molar-refractivity contribution in [1.82, 2.24) is 0 Å². The van der Waals surface area contributed by atoms with E-state index in [-0.39, 0.29) is 50.7 Å². The van der Waals surface area contributed by atoms with Crippen LogP contribution in [0.1, 0.15) is 69.4 Å². The van der Waals surface area contributed by atoms with Gasteiger partial charge in [0.05, 0.1) is 16.5 Å². The first-order chi connectivity index (χ1) is 12.8. The van der Waals surface area contributed by atoms with E-state index in [1.165, 1.54) is 24.3 Å². The number of fused-ring (bicyclic) bond motifs is 4. The zero-order chi connectivity index (χ0) is 19.5. The predicted molar refractivity (Wildman–Crippen MR) is 101 cm³/mol. The molecule has 1 N–H and O–H groups in total. The maximum absolute atomic E-state index is 13.2. The molecular weight excluding hydrogens is 344 g/mol. The molecule has 0 amide bonds. The number of aryl methyl sites for hydroxylation is 1. The summed E-state index contributed by atoms with van der Waals surface area (Å²) >= 11 is 0. The van der Waals surface area contributed by atoms with E-state index in [1.807, 2.05) is 13.8 Å². The molecule has 0 fully saturated rings. The maximum atomic E-state index is 13.2. The largest absolute Gasteiger partial charge is 0.507 e. The molecule has 0 saturated heterocycles. The number of phenolic OH excluding ortho intramolecular Hbond substituents is 1. The first kappa shape index (κ1) is 17.2. The van der Waals surface area contributed by atoms with Crippen molar-refractivity contribution in [2.24, 2.45) is 0 Å². The second-order valence-corrected chi connectivity index (χ2v) is 7.00. The third kappa shape index (κ3) is 2.35. The van der Waals surface area contributed by atoms with E-state index in [9.17, 15) is 19.5 Å². The van der Waals surface area contributed by atoms with Gasteiger partial charge in [0.15, 0.2) is 11.2 Å². The van der Waals surface area contributed by atoms with Gasteiger partial charge in [-0.2, -0.15) is 0 Å². The number of rotatable bonds is 2. The Morgan fingerprint density at radius 1 is 1.04 bits per heavy atom. The predicted octanol–water partition coefficient (Wildman–Crippen LogP) is 4.10. The van der Waals surface area contributed by atoms with E-state index in [2.05, 4.69) is 0 Å². The molecule has 1 unspecified atom stereocenters. The fourth-order valence-corrected chi connectivity index (χ4v) is 3.63. The highest BCUT2D eigenvalue weighted by molar-refractivity contribution is 6.32. The quantitative estimate of drug-likeness (QED) is 0.580. The highest BCUT2D eigenvalue weighted by atomic mass is 16.3. The summed E-state index contributed by atoms with van der Waals surface area (Å²) in [6.07, 6.45) is 0.763. The third-order valence-electron chi connectivity index (χ3n) is 5.30. The van der Waals surface area contributed by atoms with Crippen LogP contribution in [-0.4, -0.2) is 16.7 Å². The summed E-state index contributed by atoms with van der Waals surface area (Å²) in [5.74, 6) is -0.658. The zero-order valence-electron chi connectivity index (χ0n) is 15.3. The van der Waals surface area contributed by atoms with Gasteiger partial charge in [-0.05, 0) is 31.0 Å². The standard InChI is InChI=1S/C22H18O5/c1-4-10(2)16-9-15(24)17-11(3)8-13-19(22(17)27-16)21(26)18-12(20(13)25)6-5-7-14(18)23/h5-10,23H,4H2,1-3H3. The molecule has 27 heavy (non-hydrogen) atoms. The number of phenols is 1. The van der Waals surface area contributed by atoms with Gasteiger partial charge in [-0.1, -0.05) is 26.0 Å². The number of carbonyl (C=O) groups is 2. The van der Waals surface area contributed by atoms with Crippen LogP contribution in [-0.2, 0) is 0 Å². The van der Waals surface area contributed by atoms with Crippen LogP contribution in [0.15, 0.2) is 39.5 Å². The summed E-state index contributed by atoms with van der Waals surface area (Å²) in [6.45, 7) is 5.63. The Kier molecular flexibility index (Phi) is 3.77. The van der Waals surface area contributed by atoms with Gasteiger partial charge in [-0.3, -0.25) is 14.4 Å². The molecular formula is C22H18O5. The van der Waals surface area contributed by atoms with Crippen LogP contribution in [0.2, 0.25) is 0 Å². The molecule has 4 rings (SSSR count). The minimum absolute atomic E-state index is 0.00616. The van der Waals surface area contributed by atoms with Crippen molar-refractivity contribution in [2.45, 2.75) is 33.1 Å². The minimum atomic E-state index is -0.507. The molecule has 1 aliphatic carbocycles. The summed E-state index contributed by atoms with van der Waals surface area (Å²) in [7, 11) is 0. The van der Waals surface area contributed by atoms with E-state index < -0.39 is 5.78 Å². The monoisotopic (exact) mass is 362 g/mol. The van der Waals surface area contributed by atoms with Crippen molar-refractivity contribution in [2.75, 3.05) is 0 Å². The number of carbonyl (C=O) groups excluding carboxylic acids is 2. The van der Waals surface area contributed by atoms with Crippen LogP contribution in [0.25, 0.3) is 11.0 Å². The van der Waals surface area contributed by atoms with Gasteiger partial charge in [0, 0.05) is 23.1 Å². The molecule has 136 valence electrons. The number of aromatic hydroxyl groups is 1. The van der Waals surface area contributed by atoms with Crippen LogP contribution in [0.3, 0.4) is 0 Å². The van der Waals surface area contributed by atoms with Gasteiger partial charge in [-0.25, -0.2) is 0 Å². The third-order valence-corrected chi connectivity index (χ3v) is 5.30. The molecule has 1 atom stereocenters. The lowest BCUT2D eigenvalue weighted by Crippen LogP contribution is -2.23. The smallest absolute Gasteiger partial charge is 0.202 e. The fourth-order valence-electron chi connectivity index (χ4n) is 3.63. The lowest BCUT2D eigenvalue weighted by atomic mass is 9.81. The van der Waals surface area contributed by atoms with E-state index >= 15 is 0 Å². The highest BCUT2D eigenvalue weighted by Gasteiger charge is 2.35. The lowest BCUT2D eigenvalue weighted by molar-refractivity contribution is 0.0977. The molecule has 5 heteroatoms. The normalized spacial score (nSPS) is 14.2. The first-order valence-electron chi connectivity index (χ1n) is 8.87. The first-order valence-corrected chi connectivity index (χ1v) is 8.87. The average molecular weight is 362 g/mol. The molecule has 1 heterocycles. The molecule has 2 aromatic carbocycles. The Labute approximate surface area is 155 Å². The molecule has 3 aromatic rings. The van der Waals surface area contributed by atoms with Gasteiger partial charge < -0.3 is 9.52 Å². The van der Waals surface area contributed by atoms with Gasteiger partial charge in [0.25, 0.3) is 0 Å². The summed E-state index contributed by atoms with van der Waals surface area (Å²) < 4.78 is 5.99.